The highest BCUT2D eigenvalue weighted by atomic mass is 16.4. The van der Waals surface area contributed by atoms with E-state index in [1.54, 1.807) is 0 Å². The molecule has 0 radical (unpaired) electrons. The summed E-state index contributed by atoms with van der Waals surface area (Å²) in [5.41, 5.74) is 19.4. The quantitative estimate of drug-likeness (QED) is 0.0977. The predicted octanol–water partition coefficient (Wildman–Crippen LogP) is 1.44. The molecule has 0 spiro atoms. The van der Waals surface area contributed by atoms with Gasteiger partial charge >= 0.3 is 5.97 Å². The van der Waals surface area contributed by atoms with Crippen molar-refractivity contribution in [2.24, 2.45) is 29.0 Å². The van der Waals surface area contributed by atoms with Gasteiger partial charge in [-0.05, 0) is 68.2 Å². The Kier molecular flexibility index (Phi) is 17.4. The van der Waals surface area contributed by atoms with E-state index in [1.807, 2.05) is 74.5 Å². The number of amides is 3. The average molecular weight is 653 g/mol. The van der Waals surface area contributed by atoms with Gasteiger partial charge in [-0.1, -0.05) is 74.5 Å². The van der Waals surface area contributed by atoms with Crippen molar-refractivity contribution in [3.8, 4) is 0 Å². The Morgan fingerprint density at radius 3 is 1.79 bits per heavy atom. The molecule has 0 saturated heterocycles. The van der Waals surface area contributed by atoms with Crippen LogP contribution in [0.4, 0.5) is 0 Å². The van der Waals surface area contributed by atoms with Crippen molar-refractivity contribution in [2.45, 2.75) is 89.4 Å². The van der Waals surface area contributed by atoms with Crippen LogP contribution in [0.15, 0.2) is 60.7 Å². The van der Waals surface area contributed by atoms with Gasteiger partial charge in [0.05, 0.1) is 12.1 Å². The van der Waals surface area contributed by atoms with E-state index in [0.29, 0.717) is 13.0 Å². The number of rotatable bonds is 22. The minimum absolute atomic E-state index is 0.00309. The second-order valence-corrected chi connectivity index (χ2v) is 12.4. The molecule has 0 saturated carbocycles. The number of carbonyl (C=O) groups excluding carboxylic acids is 4. The minimum atomic E-state index is -1.02. The SMILES string of the molecule is CC(C)C[C@@H](NC(=O)[C@@H](Cc1ccccc1)NC(=O)[C@H](N)Cc1ccccc1)C(=O)N[C@H](CCCN)C(=O)C[C@@H](CN)CCC(=O)O. The Hall–Kier alpha value is -4.13. The topological polar surface area (TPSA) is 220 Å². The molecule has 0 aliphatic rings. The molecule has 12 heteroatoms. The number of aliphatic carboxylic acids is 1. The molecule has 2 rings (SSSR count). The van der Waals surface area contributed by atoms with Crippen LogP contribution in [0, 0.1) is 11.8 Å². The summed E-state index contributed by atoms with van der Waals surface area (Å²) in [6, 6.07) is 14.7. The first-order valence-electron chi connectivity index (χ1n) is 16.3. The van der Waals surface area contributed by atoms with Crippen molar-refractivity contribution < 1.29 is 29.1 Å². The number of ketones is 1. The highest BCUT2D eigenvalue weighted by Crippen LogP contribution is 2.15. The Morgan fingerprint density at radius 2 is 1.26 bits per heavy atom. The fourth-order valence-electron chi connectivity index (χ4n) is 5.24. The summed E-state index contributed by atoms with van der Waals surface area (Å²) >= 11 is 0. The molecular formula is C35H52N6O6. The van der Waals surface area contributed by atoms with Crippen molar-refractivity contribution in [1.82, 2.24) is 16.0 Å². The van der Waals surface area contributed by atoms with E-state index >= 15 is 0 Å². The number of benzene rings is 2. The van der Waals surface area contributed by atoms with Crippen LogP contribution in [0.5, 0.6) is 0 Å². The standard InChI is InChI=1S/C35H52N6O6/c1-23(2)18-29(34(46)39-28(14-9-17-36)31(42)21-26(22-37)15-16-32(43)44)41-35(47)30(20-25-12-7-4-8-13-25)40-33(45)27(38)19-24-10-5-3-6-11-24/h3-8,10-13,23,26-30H,9,14-22,36-38H2,1-2H3,(H,39,46)(H,40,45)(H,41,47)(H,43,44)/t26-,27+,28+,29+,30+/m0/s1. The number of hydrogen-bond acceptors (Lipinski definition) is 8. The molecule has 2 aromatic carbocycles. The highest BCUT2D eigenvalue weighted by Gasteiger charge is 2.31. The molecule has 5 atom stereocenters. The number of hydrogen-bond donors (Lipinski definition) is 7. The first-order chi connectivity index (χ1) is 22.4. The fraction of sp³-hybridized carbons (Fsp3) is 0.514. The molecule has 0 aliphatic heterocycles. The van der Waals surface area contributed by atoms with Crippen LogP contribution in [-0.2, 0) is 36.8 Å². The zero-order valence-corrected chi connectivity index (χ0v) is 27.5. The van der Waals surface area contributed by atoms with Gasteiger partial charge in [-0.15, -0.1) is 0 Å². The van der Waals surface area contributed by atoms with Crippen molar-refractivity contribution in [3.63, 3.8) is 0 Å². The molecule has 258 valence electrons. The van der Waals surface area contributed by atoms with E-state index in [2.05, 4.69) is 16.0 Å². The Balaban J connectivity index is 2.22. The molecule has 10 N–H and O–H groups in total. The zero-order valence-electron chi connectivity index (χ0n) is 27.5. The third-order valence-electron chi connectivity index (χ3n) is 7.88. The molecule has 0 aromatic heterocycles. The van der Waals surface area contributed by atoms with Gasteiger partial charge in [0.25, 0.3) is 0 Å². The van der Waals surface area contributed by atoms with E-state index < -0.39 is 47.9 Å². The first kappa shape index (κ1) is 39.1. The minimum Gasteiger partial charge on any atom is -0.481 e. The summed E-state index contributed by atoms with van der Waals surface area (Å²) in [6.07, 6.45) is 1.61. The molecule has 12 nitrogen and oxygen atoms in total. The Morgan fingerprint density at radius 1 is 0.723 bits per heavy atom. The van der Waals surface area contributed by atoms with Gasteiger partial charge in [-0.3, -0.25) is 24.0 Å². The van der Waals surface area contributed by atoms with Crippen LogP contribution in [0.25, 0.3) is 0 Å². The van der Waals surface area contributed by atoms with Crippen molar-refractivity contribution in [1.29, 1.82) is 0 Å². The van der Waals surface area contributed by atoms with Crippen LogP contribution >= 0.6 is 0 Å². The summed E-state index contributed by atoms with van der Waals surface area (Å²) in [5.74, 6) is -3.19. The van der Waals surface area contributed by atoms with E-state index in [9.17, 15) is 24.0 Å². The first-order valence-corrected chi connectivity index (χ1v) is 16.3. The van der Waals surface area contributed by atoms with Crippen molar-refractivity contribution >= 4 is 29.5 Å². The predicted molar refractivity (Wildman–Crippen MR) is 181 cm³/mol. The van der Waals surface area contributed by atoms with Crippen LogP contribution < -0.4 is 33.2 Å². The van der Waals surface area contributed by atoms with E-state index in [-0.39, 0.29) is 69.1 Å². The largest absolute Gasteiger partial charge is 0.481 e. The molecular weight excluding hydrogens is 600 g/mol. The molecule has 0 heterocycles. The van der Waals surface area contributed by atoms with Crippen molar-refractivity contribution in [2.75, 3.05) is 13.1 Å². The van der Waals surface area contributed by atoms with Crippen molar-refractivity contribution in [3.05, 3.63) is 71.8 Å². The molecule has 0 aliphatic carbocycles. The van der Waals surface area contributed by atoms with E-state index in [1.165, 1.54) is 0 Å². The van der Waals surface area contributed by atoms with Gasteiger partial charge in [0.2, 0.25) is 17.7 Å². The van der Waals surface area contributed by atoms with Gasteiger partial charge in [-0.2, -0.15) is 0 Å². The second-order valence-electron chi connectivity index (χ2n) is 12.4. The lowest BCUT2D eigenvalue weighted by atomic mass is 9.92. The third kappa shape index (κ3) is 14.9. The normalized spacial score (nSPS) is 14.3. The molecule has 0 fully saturated rings. The van der Waals surface area contributed by atoms with E-state index in [0.717, 1.165) is 11.1 Å². The van der Waals surface area contributed by atoms with Gasteiger partial charge in [0.15, 0.2) is 5.78 Å². The van der Waals surface area contributed by atoms with Crippen LogP contribution in [0.2, 0.25) is 0 Å². The molecule has 2 aromatic rings. The zero-order chi connectivity index (χ0) is 34.8. The fourth-order valence-corrected chi connectivity index (χ4v) is 5.24. The number of nitrogens with one attached hydrogen (secondary N) is 3. The van der Waals surface area contributed by atoms with E-state index in [4.69, 9.17) is 22.3 Å². The number of Topliss-reactive ketones (excluding diaryl/α,β-unsaturated/α-hetero) is 1. The maximum absolute atomic E-state index is 13.8. The summed E-state index contributed by atoms with van der Waals surface area (Å²) in [4.78, 5) is 64.9. The average Bonchev–Trinajstić information content (AvgIpc) is 3.04. The second kappa shape index (κ2) is 20.9. The molecule has 0 unspecified atom stereocenters. The third-order valence-corrected chi connectivity index (χ3v) is 7.88. The van der Waals surface area contributed by atoms with Gasteiger partial charge in [0.1, 0.15) is 12.1 Å². The number of carboxylic acid groups (broad SMARTS) is 1. The van der Waals surface area contributed by atoms with Gasteiger partial charge in [-0.25, -0.2) is 0 Å². The maximum atomic E-state index is 13.8. The maximum Gasteiger partial charge on any atom is 0.303 e. The van der Waals surface area contributed by atoms with Crippen LogP contribution in [-0.4, -0.2) is 71.8 Å². The van der Waals surface area contributed by atoms with Crippen LogP contribution in [0.1, 0.15) is 63.5 Å². The Labute approximate surface area is 277 Å². The summed E-state index contributed by atoms with van der Waals surface area (Å²) in [7, 11) is 0. The van der Waals surface area contributed by atoms with Crippen LogP contribution in [0.3, 0.4) is 0 Å². The number of carboxylic acids is 1. The number of carbonyl (C=O) groups is 5. The lowest BCUT2D eigenvalue weighted by Crippen LogP contribution is -2.58. The summed E-state index contributed by atoms with van der Waals surface area (Å²) in [5, 5.41) is 17.5. The number of nitrogens with two attached hydrogens (primary N) is 3. The van der Waals surface area contributed by atoms with Gasteiger partial charge < -0.3 is 38.3 Å². The van der Waals surface area contributed by atoms with Gasteiger partial charge in [0, 0.05) is 19.3 Å². The monoisotopic (exact) mass is 652 g/mol. The summed E-state index contributed by atoms with van der Waals surface area (Å²) < 4.78 is 0. The lowest BCUT2D eigenvalue weighted by Gasteiger charge is -2.27. The summed E-state index contributed by atoms with van der Waals surface area (Å²) in [6.45, 7) is 4.25. The molecule has 0 bridgehead atoms. The molecule has 47 heavy (non-hydrogen) atoms. The molecule has 3 amide bonds. The lowest BCUT2D eigenvalue weighted by molar-refractivity contribution is -0.137. The smallest absolute Gasteiger partial charge is 0.303 e. The Bertz CT molecular complexity index is 1280. The highest BCUT2D eigenvalue weighted by molar-refractivity contribution is 5.95.